The number of hydrogen-bond donors (Lipinski definition) is 0. The summed E-state index contributed by atoms with van der Waals surface area (Å²) in [4.78, 5) is 15.3. The third kappa shape index (κ3) is 4.04. The SMILES string of the molecule is COc1ccc(C(=O)N2CCSC23CCN(S(=O)(=O)c2c(C)cc(C)cc2C)CC3)cc1. The van der Waals surface area contributed by atoms with Crippen molar-refractivity contribution in [1.29, 1.82) is 0 Å². The lowest BCUT2D eigenvalue weighted by atomic mass is 10.0. The third-order valence-corrected chi connectivity index (χ3v) is 10.2. The molecule has 0 unspecified atom stereocenters. The summed E-state index contributed by atoms with van der Waals surface area (Å²) in [5.74, 6) is 1.58. The van der Waals surface area contributed by atoms with Crippen LogP contribution in [0.15, 0.2) is 41.3 Å². The second-order valence-electron chi connectivity index (χ2n) is 8.61. The molecule has 0 atom stereocenters. The van der Waals surface area contributed by atoms with E-state index in [2.05, 4.69) is 0 Å². The van der Waals surface area contributed by atoms with Crippen LogP contribution >= 0.6 is 11.8 Å². The molecule has 6 nitrogen and oxygen atoms in total. The summed E-state index contributed by atoms with van der Waals surface area (Å²) in [6.07, 6.45) is 1.26. The second kappa shape index (κ2) is 8.72. The van der Waals surface area contributed by atoms with Crippen LogP contribution in [-0.4, -0.2) is 60.9 Å². The van der Waals surface area contributed by atoms with Gasteiger partial charge in [0.1, 0.15) is 5.75 Å². The fourth-order valence-electron chi connectivity index (χ4n) is 4.98. The predicted molar refractivity (Wildman–Crippen MR) is 128 cm³/mol. The molecule has 32 heavy (non-hydrogen) atoms. The Kier molecular flexibility index (Phi) is 6.31. The van der Waals surface area contributed by atoms with Crippen molar-refractivity contribution in [2.45, 2.75) is 43.4 Å². The number of aryl methyl sites for hydroxylation is 3. The van der Waals surface area contributed by atoms with Gasteiger partial charge in [0.15, 0.2) is 0 Å². The van der Waals surface area contributed by atoms with Crippen molar-refractivity contribution in [3.05, 3.63) is 58.7 Å². The molecule has 2 aliphatic heterocycles. The van der Waals surface area contributed by atoms with Crippen molar-refractivity contribution >= 4 is 27.7 Å². The molecule has 2 aromatic rings. The highest BCUT2D eigenvalue weighted by Crippen LogP contribution is 2.45. The molecule has 2 fully saturated rings. The Morgan fingerprint density at radius 1 is 1.00 bits per heavy atom. The van der Waals surface area contributed by atoms with Gasteiger partial charge in [0, 0.05) is 31.0 Å². The number of nitrogens with zero attached hydrogens (tertiary/aromatic N) is 2. The Hall–Kier alpha value is -2.03. The van der Waals surface area contributed by atoms with E-state index in [1.54, 1.807) is 47.4 Å². The van der Waals surface area contributed by atoms with E-state index in [-0.39, 0.29) is 10.8 Å². The van der Waals surface area contributed by atoms with Crippen molar-refractivity contribution in [2.75, 3.05) is 32.5 Å². The van der Waals surface area contributed by atoms with Crippen LogP contribution in [0.5, 0.6) is 5.75 Å². The number of carbonyl (C=O) groups is 1. The van der Waals surface area contributed by atoms with Crippen LogP contribution in [0.3, 0.4) is 0 Å². The third-order valence-electron chi connectivity index (χ3n) is 6.47. The predicted octanol–water partition coefficient (Wildman–Crippen LogP) is 3.99. The number of rotatable bonds is 4. The number of ether oxygens (including phenoxy) is 1. The molecule has 172 valence electrons. The van der Waals surface area contributed by atoms with Gasteiger partial charge in [0.05, 0.1) is 16.9 Å². The van der Waals surface area contributed by atoms with Crippen LogP contribution in [0.25, 0.3) is 0 Å². The maximum atomic E-state index is 13.5. The zero-order valence-electron chi connectivity index (χ0n) is 19.1. The highest BCUT2D eigenvalue weighted by atomic mass is 32.2. The summed E-state index contributed by atoms with van der Waals surface area (Å²) in [5.41, 5.74) is 3.27. The number of amides is 1. The van der Waals surface area contributed by atoms with Crippen LogP contribution in [-0.2, 0) is 10.0 Å². The van der Waals surface area contributed by atoms with Gasteiger partial charge in [-0.1, -0.05) is 17.7 Å². The van der Waals surface area contributed by atoms with Crippen molar-refractivity contribution in [3.8, 4) is 5.75 Å². The van der Waals surface area contributed by atoms with Crippen LogP contribution < -0.4 is 4.74 Å². The average molecular weight is 475 g/mol. The van der Waals surface area contributed by atoms with E-state index in [0.29, 0.717) is 48.7 Å². The Labute approximate surface area is 195 Å². The van der Waals surface area contributed by atoms with E-state index in [4.69, 9.17) is 4.74 Å². The van der Waals surface area contributed by atoms with Crippen LogP contribution in [0.1, 0.15) is 39.9 Å². The van der Waals surface area contributed by atoms with Crippen molar-refractivity contribution in [2.24, 2.45) is 0 Å². The summed E-state index contributed by atoms with van der Waals surface area (Å²) in [6.45, 7) is 7.20. The first-order valence-electron chi connectivity index (χ1n) is 10.9. The molecule has 2 saturated heterocycles. The Balaban J connectivity index is 1.53. The van der Waals surface area contributed by atoms with E-state index < -0.39 is 10.0 Å². The van der Waals surface area contributed by atoms with Gasteiger partial charge in [-0.25, -0.2) is 8.42 Å². The Bertz CT molecular complexity index is 1100. The zero-order valence-corrected chi connectivity index (χ0v) is 20.7. The summed E-state index contributed by atoms with van der Waals surface area (Å²) < 4.78 is 33.7. The minimum atomic E-state index is -3.58. The topological polar surface area (TPSA) is 66.9 Å². The molecule has 1 amide bonds. The lowest BCUT2D eigenvalue weighted by Crippen LogP contribution is -2.53. The lowest BCUT2D eigenvalue weighted by molar-refractivity contribution is 0.0605. The van der Waals surface area contributed by atoms with E-state index in [9.17, 15) is 13.2 Å². The number of thioether (sulfide) groups is 1. The first-order valence-corrected chi connectivity index (χ1v) is 13.3. The molecule has 2 aliphatic rings. The van der Waals surface area contributed by atoms with Gasteiger partial charge in [-0.05, 0) is 69.0 Å². The summed E-state index contributed by atoms with van der Waals surface area (Å²) in [5, 5.41) is 0. The smallest absolute Gasteiger partial charge is 0.255 e. The standard InChI is InChI=1S/C24H30N2O4S2/c1-17-15-18(2)22(19(3)16-17)32(28,29)25-11-9-24(10-12-25)26(13-14-31-24)23(27)20-5-7-21(30-4)8-6-20/h5-8,15-16H,9-14H2,1-4H3. The summed E-state index contributed by atoms with van der Waals surface area (Å²) in [6, 6.07) is 11.0. The van der Waals surface area contributed by atoms with Crippen molar-refractivity contribution in [1.82, 2.24) is 9.21 Å². The van der Waals surface area contributed by atoms with Crippen LogP contribution in [0.4, 0.5) is 0 Å². The van der Waals surface area contributed by atoms with Gasteiger partial charge < -0.3 is 9.64 Å². The van der Waals surface area contributed by atoms with Crippen molar-refractivity contribution < 1.29 is 17.9 Å². The van der Waals surface area contributed by atoms with Gasteiger partial charge in [-0.3, -0.25) is 4.79 Å². The molecule has 0 aromatic heterocycles. The maximum Gasteiger partial charge on any atom is 0.255 e. The van der Waals surface area contributed by atoms with Gasteiger partial charge >= 0.3 is 0 Å². The highest BCUT2D eigenvalue weighted by Gasteiger charge is 2.48. The van der Waals surface area contributed by atoms with Gasteiger partial charge in [0.2, 0.25) is 10.0 Å². The first-order chi connectivity index (χ1) is 15.2. The minimum Gasteiger partial charge on any atom is -0.497 e. The fraction of sp³-hybridized carbons (Fsp3) is 0.458. The lowest BCUT2D eigenvalue weighted by Gasteiger charge is -2.43. The number of methoxy groups -OCH3 is 1. The largest absolute Gasteiger partial charge is 0.497 e. The number of carbonyl (C=O) groups excluding carboxylic acids is 1. The molecule has 2 heterocycles. The van der Waals surface area contributed by atoms with E-state index in [1.807, 2.05) is 37.8 Å². The fourth-order valence-corrected chi connectivity index (χ4v) is 8.29. The molecule has 0 aliphatic carbocycles. The molecule has 8 heteroatoms. The summed E-state index contributed by atoms with van der Waals surface area (Å²) >= 11 is 1.78. The zero-order chi connectivity index (χ0) is 23.1. The van der Waals surface area contributed by atoms with Crippen LogP contribution in [0.2, 0.25) is 0 Å². The number of benzene rings is 2. The summed E-state index contributed by atoms with van der Waals surface area (Å²) in [7, 11) is -1.98. The second-order valence-corrected chi connectivity index (χ2v) is 11.9. The minimum absolute atomic E-state index is 0.000756. The Morgan fingerprint density at radius 2 is 1.59 bits per heavy atom. The maximum absolute atomic E-state index is 13.5. The van der Waals surface area contributed by atoms with Crippen LogP contribution in [0, 0.1) is 20.8 Å². The highest BCUT2D eigenvalue weighted by molar-refractivity contribution is 8.00. The normalized spacial score (nSPS) is 18.8. The van der Waals surface area contributed by atoms with Crippen molar-refractivity contribution in [3.63, 3.8) is 0 Å². The number of hydrogen-bond acceptors (Lipinski definition) is 5. The molecule has 2 aromatic carbocycles. The molecule has 1 spiro atoms. The molecular formula is C24H30N2O4S2. The molecular weight excluding hydrogens is 444 g/mol. The molecule has 4 rings (SSSR count). The van der Waals surface area contributed by atoms with E-state index in [0.717, 1.165) is 22.4 Å². The van der Waals surface area contributed by atoms with Gasteiger partial charge in [-0.2, -0.15) is 4.31 Å². The van der Waals surface area contributed by atoms with E-state index in [1.165, 1.54) is 0 Å². The Morgan fingerprint density at radius 3 is 2.16 bits per heavy atom. The quantitative estimate of drug-likeness (QED) is 0.670. The monoisotopic (exact) mass is 474 g/mol. The van der Waals surface area contributed by atoms with Gasteiger partial charge in [0.25, 0.3) is 5.91 Å². The number of sulfonamides is 1. The average Bonchev–Trinajstić information content (AvgIpc) is 3.15. The molecule has 0 radical (unpaired) electrons. The number of piperidine rings is 1. The van der Waals surface area contributed by atoms with E-state index >= 15 is 0 Å². The molecule has 0 N–H and O–H groups in total. The first kappa shape index (κ1) is 23.1. The van der Waals surface area contributed by atoms with Gasteiger partial charge in [-0.15, -0.1) is 11.8 Å². The molecule has 0 saturated carbocycles. The molecule has 0 bridgehead atoms.